The molecule has 1 heterocycles. The molecule has 15 heavy (non-hydrogen) atoms. The number of ether oxygens (including phenoxy) is 1. The molecule has 1 saturated carbocycles. The average molecular weight is 217 g/mol. The topological polar surface area (TPSA) is 22.1 Å². The van der Waals surface area contributed by atoms with E-state index in [-0.39, 0.29) is 11.9 Å². The molecule has 0 N–H and O–H groups in total. The Kier molecular flexibility index (Phi) is 2.32. The molecule has 1 aliphatic rings. The van der Waals surface area contributed by atoms with E-state index in [9.17, 15) is 13.2 Å². The summed E-state index contributed by atoms with van der Waals surface area (Å²) in [6, 6.07) is 1.52. The Morgan fingerprint density at radius 1 is 1.40 bits per heavy atom. The van der Waals surface area contributed by atoms with Crippen LogP contribution >= 0.6 is 0 Å². The highest BCUT2D eigenvalue weighted by atomic mass is 19.4. The quantitative estimate of drug-likeness (QED) is 0.759. The molecule has 1 fully saturated rings. The number of pyridine rings is 1. The molecule has 0 saturated heterocycles. The molecule has 0 amide bonds. The summed E-state index contributed by atoms with van der Waals surface area (Å²) in [6.45, 7) is 1.59. The summed E-state index contributed by atoms with van der Waals surface area (Å²) in [5.41, 5.74) is -0.446. The van der Waals surface area contributed by atoms with E-state index >= 15 is 0 Å². The average Bonchev–Trinajstić information content (AvgIpc) is 2.90. The molecule has 82 valence electrons. The molecule has 0 spiro atoms. The minimum atomic E-state index is -4.45. The Morgan fingerprint density at radius 3 is 2.60 bits per heavy atom. The first kappa shape index (κ1) is 10.3. The van der Waals surface area contributed by atoms with Gasteiger partial charge in [-0.2, -0.15) is 13.2 Å². The normalized spacial score (nSPS) is 16.5. The van der Waals surface area contributed by atoms with E-state index in [1.54, 1.807) is 6.92 Å². The van der Waals surface area contributed by atoms with Gasteiger partial charge in [-0.05, 0) is 31.4 Å². The van der Waals surface area contributed by atoms with Crippen molar-refractivity contribution in [3.8, 4) is 5.75 Å². The van der Waals surface area contributed by atoms with Crippen LogP contribution in [0.1, 0.15) is 24.1 Å². The smallest absolute Gasteiger partial charge is 0.437 e. The van der Waals surface area contributed by atoms with Gasteiger partial charge in [0.15, 0.2) is 11.4 Å². The van der Waals surface area contributed by atoms with Gasteiger partial charge in [0.25, 0.3) is 0 Å². The number of alkyl halides is 3. The van der Waals surface area contributed by atoms with Gasteiger partial charge in [0, 0.05) is 6.20 Å². The first-order valence-electron chi connectivity index (χ1n) is 4.68. The molecule has 2 rings (SSSR count). The van der Waals surface area contributed by atoms with Crippen molar-refractivity contribution >= 4 is 0 Å². The zero-order chi connectivity index (χ0) is 11.1. The Hall–Kier alpha value is -1.26. The summed E-state index contributed by atoms with van der Waals surface area (Å²) in [4.78, 5) is 3.34. The molecular formula is C10H10F3NO. The molecule has 2 nitrogen and oxygen atoms in total. The van der Waals surface area contributed by atoms with Gasteiger partial charge in [0.1, 0.15) is 0 Å². The molecule has 0 aliphatic heterocycles. The molecule has 0 radical (unpaired) electrons. The second-order valence-corrected chi connectivity index (χ2v) is 3.62. The molecule has 5 heteroatoms. The van der Waals surface area contributed by atoms with Gasteiger partial charge in [0.05, 0.1) is 6.10 Å². The third-order valence-corrected chi connectivity index (χ3v) is 2.18. The van der Waals surface area contributed by atoms with Gasteiger partial charge < -0.3 is 4.74 Å². The minimum Gasteiger partial charge on any atom is -0.488 e. The van der Waals surface area contributed by atoms with Crippen LogP contribution in [0, 0.1) is 6.92 Å². The van der Waals surface area contributed by atoms with Crippen molar-refractivity contribution in [2.45, 2.75) is 32.0 Å². The molecule has 1 aliphatic carbocycles. The Balaban J connectivity index is 2.38. The lowest BCUT2D eigenvalue weighted by molar-refractivity contribution is -0.142. The maximum atomic E-state index is 12.6. The third-order valence-electron chi connectivity index (χ3n) is 2.18. The van der Waals surface area contributed by atoms with Crippen LogP contribution in [0.4, 0.5) is 13.2 Å². The van der Waals surface area contributed by atoms with Crippen molar-refractivity contribution in [3.05, 3.63) is 23.5 Å². The van der Waals surface area contributed by atoms with E-state index in [0.717, 1.165) is 19.0 Å². The van der Waals surface area contributed by atoms with E-state index in [1.807, 2.05) is 0 Å². The first-order chi connectivity index (χ1) is 6.98. The molecule has 1 aromatic rings. The van der Waals surface area contributed by atoms with Crippen molar-refractivity contribution < 1.29 is 17.9 Å². The van der Waals surface area contributed by atoms with E-state index in [2.05, 4.69) is 4.98 Å². The van der Waals surface area contributed by atoms with E-state index in [4.69, 9.17) is 4.74 Å². The standard InChI is InChI=1S/C10H10F3NO/c1-6-4-5-14-9(10(11,12)13)8(6)15-7-2-3-7/h4-5,7H,2-3H2,1H3. The van der Waals surface area contributed by atoms with Crippen molar-refractivity contribution in [2.24, 2.45) is 0 Å². The Morgan fingerprint density at radius 2 is 2.07 bits per heavy atom. The monoisotopic (exact) mass is 217 g/mol. The fraction of sp³-hybridized carbons (Fsp3) is 0.500. The van der Waals surface area contributed by atoms with Crippen LogP contribution in [0.3, 0.4) is 0 Å². The number of hydrogen-bond donors (Lipinski definition) is 0. The van der Waals surface area contributed by atoms with E-state index in [1.165, 1.54) is 6.07 Å². The highest BCUT2D eigenvalue weighted by Gasteiger charge is 2.38. The van der Waals surface area contributed by atoms with Crippen LogP contribution < -0.4 is 4.74 Å². The maximum Gasteiger partial charge on any atom is 0.437 e. The summed E-state index contributed by atoms with van der Waals surface area (Å²) in [5.74, 6) is -0.118. The Labute approximate surface area is 85.1 Å². The largest absolute Gasteiger partial charge is 0.488 e. The second-order valence-electron chi connectivity index (χ2n) is 3.62. The number of rotatable bonds is 2. The number of halogens is 3. The molecule has 1 aromatic heterocycles. The van der Waals surface area contributed by atoms with Crippen LogP contribution in [-0.4, -0.2) is 11.1 Å². The van der Waals surface area contributed by atoms with Crippen LogP contribution in [0.2, 0.25) is 0 Å². The van der Waals surface area contributed by atoms with Crippen molar-refractivity contribution in [3.63, 3.8) is 0 Å². The van der Waals surface area contributed by atoms with Crippen LogP contribution in [-0.2, 0) is 6.18 Å². The molecule has 0 bridgehead atoms. The first-order valence-corrected chi connectivity index (χ1v) is 4.68. The van der Waals surface area contributed by atoms with Gasteiger partial charge in [-0.15, -0.1) is 0 Å². The summed E-state index contributed by atoms with van der Waals surface area (Å²) in [7, 11) is 0. The molecule has 0 aromatic carbocycles. The molecule has 0 atom stereocenters. The van der Waals surface area contributed by atoms with Gasteiger partial charge in [-0.25, -0.2) is 4.98 Å². The van der Waals surface area contributed by atoms with Crippen molar-refractivity contribution in [1.82, 2.24) is 4.98 Å². The molecule has 0 unspecified atom stereocenters. The van der Waals surface area contributed by atoms with Gasteiger partial charge in [-0.3, -0.25) is 0 Å². The number of aryl methyl sites for hydroxylation is 1. The highest BCUT2D eigenvalue weighted by molar-refractivity contribution is 5.38. The Bertz CT molecular complexity index is 371. The summed E-state index contributed by atoms with van der Waals surface area (Å²) >= 11 is 0. The lowest BCUT2D eigenvalue weighted by Gasteiger charge is -2.14. The zero-order valence-electron chi connectivity index (χ0n) is 8.14. The fourth-order valence-corrected chi connectivity index (χ4v) is 1.25. The van der Waals surface area contributed by atoms with Crippen molar-refractivity contribution in [2.75, 3.05) is 0 Å². The van der Waals surface area contributed by atoms with Gasteiger partial charge in [-0.1, -0.05) is 0 Å². The van der Waals surface area contributed by atoms with Crippen LogP contribution in [0.25, 0.3) is 0 Å². The van der Waals surface area contributed by atoms with E-state index in [0.29, 0.717) is 5.56 Å². The zero-order valence-corrected chi connectivity index (χ0v) is 8.14. The predicted molar refractivity (Wildman–Crippen MR) is 47.6 cm³/mol. The number of nitrogens with zero attached hydrogens (tertiary/aromatic N) is 1. The van der Waals surface area contributed by atoms with Gasteiger partial charge >= 0.3 is 6.18 Å². The third kappa shape index (κ3) is 2.22. The fourth-order valence-electron chi connectivity index (χ4n) is 1.25. The summed E-state index contributed by atoms with van der Waals surface area (Å²) in [5, 5.41) is 0. The minimum absolute atomic E-state index is 0.0611. The highest BCUT2D eigenvalue weighted by Crippen LogP contribution is 2.38. The van der Waals surface area contributed by atoms with Gasteiger partial charge in [0.2, 0.25) is 0 Å². The SMILES string of the molecule is Cc1ccnc(C(F)(F)F)c1OC1CC1. The second kappa shape index (κ2) is 3.40. The number of hydrogen-bond acceptors (Lipinski definition) is 2. The summed E-state index contributed by atoms with van der Waals surface area (Å²) in [6.07, 6.45) is -1.71. The predicted octanol–water partition coefficient (Wildman–Crippen LogP) is 2.95. The maximum absolute atomic E-state index is 12.6. The van der Waals surface area contributed by atoms with Crippen LogP contribution in [0.15, 0.2) is 12.3 Å². The number of aromatic nitrogens is 1. The van der Waals surface area contributed by atoms with Crippen molar-refractivity contribution in [1.29, 1.82) is 0 Å². The van der Waals surface area contributed by atoms with E-state index < -0.39 is 11.9 Å². The molecular weight excluding hydrogens is 207 g/mol. The summed E-state index contributed by atoms with van der Waals surface area (Å²) < 4.78 is 42.9. The van der Waals surface area contributed by atoms with Crippen LogP contribution in [0.5, 0.6) is 5.75 Å². The lowest BCUT2D eigenvalue weighted by atomic mass is 10.2. The lowest BCUT2D eigenvalue weighted by Crippen LogP contribution is -2.12.